The molecule has 10 heteroatoms. The van der Waals surface area contributed by atoms with Crippen LogP contribution in [0.4, 0.5) is 5.69 Å². The van der Waals surface area contributed by atoms with Gasteiger partial charge in [-0.2, -0.15) is 0 Å². The van der Waals surface area contributed by atoms with E-state index in [9.17, 15) is 9.59 Å². The molecule has 0 saturated carbocycles. The van der Waals surface area contributed by atoms with E-state index >= 15 is 0 Å². The average molecular weight is 439 g/mol. The lowest BCUT2D eigenvalue weighted by molar-refractivity contribution is -0.128. The van der Waals surface area contributed by atoms with Gasteiger partial charge in [0.05, 0.1) is 10.0 Å². The van der Waals surface area contributed by atoms with Gasteiger partial charge in [-0.1, -0.05) is 48.8 Å². The number of amides is 1. The van der Waals surface area contributed by atoms with E-state index in [1.165, 1.54) is 19.2 Å². The Bertz CT molecular complexity index is 900. The third-order valence-electron chi connectivity index (χ3n) is 3.77. The third kappa shape index (κ3) is 5.75. The van der Waals surface area contributed by atoms with E-state index in [1.807, 2.05) is 19.9 Å². The Kier molecular flexibility index (Phi) is 7.69. The molecule has 0 bridgehead atoms. The van der Waals surface area contributed by atoms with E-state index in [4.69, 9.17) is 27.9 Å². The van der Waals surface area contributed by atoms with Gasteiger partial charge in [0.15, 0.2) is 5.75 Å². The molecular weight excluding hydrogens is 419 g/mol. The summed E-state index contributed by atoms with van der Waals surface area (Å²) in [6, 6.07) is 2.94. The van der Waals surface area contributed by atoms with Gasteiger partial charge >= 0.3 is 6.47 Å². The van der Waals surface area contributed by atoms with Crippen molar-refractivity contribution in [2.45, 2.75) is 13.8 Å². The summed E-state index contributed by atoms with van der Waals surface area (Å²) >= 11 is 12.6. The lowest BCUT2D eigenvalue weighted by Crippen LogP contribution is -2.33. The maximum Gasteiger partial charge on any atom is 0.323 e. The molecule has 1 aliphatic heterocycles. The lowest BCUT2D eigenvalue weighted by atomic mass is 9.98. The van der Waals surface area contributed by atoms with Gasteiger partial charge in [-0.25, -0.2) is 0 Å². The summed E-state index contributed by atoms with van der Waals surface area (Å²) in [5, 5.41) is 11.8. The van der Waals surface area contributed by atoms with E-state index in [2.05, 4.69) is 32.5 Å². The van der Waals surface area contributed by atoms with Crippen LogP contribution < -0.4 is 20.7 Å². The van der Waals surface area contributed by atoms with E-state index in [0.717, 1.165) is 11.3 Å². The molecule has 1 aromatic carbocycles. The highest BCUT2D eigenvalue weighted by Crippen LogP contribution is 2.38. The Morgan fingerprint density at radius 2 is 1.97 bits per heavy atom. The molecule has 1 amide bonds. The number of allylic oxidation sites excluding steroid dienone is 2. The van der Waals surface area contributed by atoms with Gasteiger partial charge in [-0.05, 0) is 29.7 Å². The van der Waals surface area contributed by atoms with Crippen molar-refractivity contribution < 1.29 is 19.2 Å². The van der Waals surface area contributed by atoms with Crippen molar-refractivity contribution in [3.05, 3.63) is 58.1 Å². The fourth-order valence-electron chi connectivity index (χ4n) is 2.41. The normalized spacial score (nSPS) is 13.9. The molecule has 0 radical (unpaired) electrons. The minimum Gasteiger partial charge on any atom is -0.453 e. The largest absolute Gasteiger partial charge is 0.453 e. The Morgan fingerprint density at radius 3 is 2.52 bits per heavy atom. The first-order chi connectivity index (χ1) is 13.8. The highest BCUT2D eigenvalue weighted by molar-refractivity contribution is 6.42. The van der Waals surface area contributed by atoms with Gasteiger partial charge < -0.3 is 25.5 Å². The van der Waals surface area contributed by atoms with Crippen molar-refractivity contribution in [1.29, 1.82) is 0 Å². The smallest absolute Gasteiger partial charge is 0.323 e. The van der Waals surface area contributed by atoms with E-state index in [-0.39, 0.29) is 34.0 Å². The zero-order valence-electron chi connectivity index (χ0n) is 16.0. The SMILES string of the molecule is C=C1NC=C(Oc2c(Cl)cc(NC(=O)/C(=N/OC=O)NC)cc2Cl)C=C1C(C)C. The van der Waals surface area contributed by atoms with Gasteiger partial charge in [0, 0.05) is 24.6 Å². The fraction of sp³-hybridized carbons (Fsp3) is 0.211. The van der Waals surface area contributed by atoms with Crippen molar-refractivity contribution >= 4 is 47.1 Å². The number of amidine groups is 1. The number of benzene rings is 1. The number of carbonyl (C=O) groups is 2. The van der Waals surface area contributed by atoms with Crippen molar-refractivity contribution in [3.8, 4) is 5.75 Å². The lowest BCUT2D eigenvalue weighted by Gasteiger charge is -2.21. The number of carbonyl (C=O) groups excluding carboxylic acids is 2. The second-order valence-electron chi connectivity index (χ2n) is 6.14. The number of rotatable bonds is 6. The summed E-state index contributed by atoms with van der Waals surface area (Å²) in [6.07, 6.45) is 3.51. The number of hydrogen-bond donors (Lipinski definition) is 3. The number of hydrogen-bond acceptors (Lipinski definition) is 6. The van der Waals surface area contributed by atoms with Crippen LogP contribution in [0.1, 0.15) is 13.8 Å². The molecule has 2 rings (SSSR count). The van der Waals surface area contributed by atoms with Crippen LogP contribution >= 0.6 is 23.2 Å². The Morgan fingerprint density at radius 1 is 1.31 bits per heavy atom. The van der Waals surface area contributed by atoms with E-state index in [0.29, 0.717) is 11.4 Å². The number of likely N-dealkylation sites (N-methyl/N-ethyl adjacent to an activating group) is 1. The number of dihydropyridines is 1. The van der Waals surface area contributed by atoms with Crippen LogP contribution in [0.5, 0.6) is 5.75 Å². The summed E-state index contributed by atoms with van der Waals surface area (Å²) in [5.41, 5.74) is 2.09. The third-order valence-corrected chi connectivity index (χ3v) is 4.33. The molecule has 0 saturated heterocycles. The van der Waals surface area contributed by atoms with Crippen LogP contribution in [0.15, 0.2) is 53.2 Å². The molecule has 154 valence electrons. The molecule has 0 fully saturated rings. The first kappa shape index (κ1) is 22.3. The number of oxime groups is 1. The molecule has 3 N–H and O–H groups in total. The van der Waals surface area contributed by atoms with Crippen molar-refractivity contribution in [2.24, 2.45) is 11.1 Å². The highest BCUT2D eigenvalue weighted by Gasteiger charge is 2.18. The molecule has 0 spiro atoms. The quantitative estimate of drug-likeness (QED) is 0.206. The summed E-state index contributed by atoms with van der Waals surface area (Å²) in [5.74, 6) is 0.124. The van der Waals surface area contributed by atoms with Gasteiger partial charge in [-0.3, -0.25) is 9.59 Å². The molecule has 0 aromatic heterocycles. The second-order valence-corrected chi connectivity index (χ2v) is 6.96. The standard InChI is InChI=1S/C19H20Cl2N4O4/c1-10(2)14-7-13(8-23-11(14)3)29-17-15(20)5-12(6-16(17)21)24-19(27)18(22-4)25-28-9-26/h5-10,23H,3H2,1-2,4H3,(H,22,25)(H,24,27). The van der Waals surface area contributed by atoms with Gasteiger partial charge in [0.25, 0.3) is 5.91 Å². The molecule has 1 aliphatic rings. The van der Waals surface area contributed by atoms with E-state index < -0.39 is 5.91 Å². The monoisotopic (exact) mass is 438 g/mol. The fourth-order valence-corrected chi connectivity index (χ4v) is 2.97. The van der Waals surface area contributed by atoms with Crippen LogP contribution in [-0.4, -0.2) is 25.3 Å². The zero-order chi connectivity index (χ0) is 21.6. The Labute approximate surface area is 178 Å². The maximum atomic E-state index is 12.2. The number of halogens is 2. The minimum absolute atomic E-state index is 0.0910. The number of ether oxygens (including phenoxy) is 1. The number of nitrogens with zero attached hydrogens (tertiary/aromatic N) is 1. The van der Waals surface area contributed by atoms with Gasteiger partial charge in [0.1, 0.15) is 5.76 Å². The van der Waals surface area contributed by atoms with Crippen molar-refractivity contribution in [1.82, 2.24) is 10.6 Å². The zero-order valence-corrected chi connectivity index (χ0v) is 17.5. The maximum absolute atomic E-state index is 12.2. The van der Waals surface area contributed by atoms with Crippen LogP contribution in [0, 0.1) is 5.92 Å². The molecule has 0 unspecified atom stereocenters. The summed E-state index contributed by atoms with van der Waals surface area (Å²) in [6.45, 7) is 8.14. The molecule has 29 heavy (non-hydrogen) atoms. The summed E-state index contributed by atoms with van der Waals surface area (Å²) in [7, 11) is 1.45. The van der Waals surface area contributed by atoms with Crippen LogP contribution in [0.25, 0.3) is 0 Å². The molecule has 8 nitrogen and oxygen atoms in total. The average Bonchev–Trinajstić information content (AvgIpc) is 2.66. The minimum atomic E-state index is -0.655. The molecule has 0 aliphatic carbocycles. The molecule has 1 aromatic rings. The highest BCUT2D eigenvalue weighted by atomic mass is 35.5. The second kappa shape index (κ2) is 9.99. The Balaban J connectivity index is 2.21. The summed E-state index contributed by atoms with van der Waals surface area (Å²) < 4.78 is 5.84. The first-order valence-corrected chi connectivity index (χ1v) is 9.23. The van der Waals surface area contributed by atoms with Crippen molar-refractivity contribution in [3.63, 3.8) is 0 Å². The number of nitrogens with one attached hydrogen (secondary N) is 3. The molecule has 1 heterocycles. The molecule has 0 atom stereocenters. The predicted molar refractivity (Wildman–Crippen MR) is 113 cm³/mol. The van der Waals surface area contributed by atoms with Crippen LogP contribution in [0.3, 0.4) is 0 Å². The number of anilines is 1. The van der Waals surface area contributed by atoms with Crippen molar-refractivity contribution in [2.75, 3.05) is 12.4 Å². The summed E-state index contributed by atoms with van der Waals surface area (Å²) in [4.78, 5) is 26.6. The predicted octanol–water partition coefficient (Wildman–Crippen LogP) is 3.56. The van der Waals surface area contributed by atoms with Gasteiger partial charge in [-0.15, -0.1) is 0 Å². The Hall–Kier alpha value is -2.97. The first-order valence-electron chi connectivity index (χ1n) is 8.47. The van der Waals surface area contributed by atoms with Crippen LogP contribution in [0.2, 0.25) is 10.0 Å². The topological polar surface area (TPSA) is 101 Å². The van der Waals surface area contributed by atoms with E-state index in [1.54, 1.807) is 6.20 Å². The van der Waals surface area contributed by atoms with Crippen LogP contribution in [-0.2, 0) is 14.4 Å². The van der Waals surface area contributed by atoms with Gasteiger partial charge in [0.2, 0.25) is 5.84 Å². The molecular formula is C19H20Cl2N4O4.